The Morgan fingerprint density at radius 1 is 1.40 bits per heavy atom. The fraction of sp³-hybridized carbons (Fsp3) is 0.231. The van der Waals surface area contributed by atoms with Gasteiger partial charge in [-0.25, -0.2) is 4.79 Å². The van der Waals surface area contributed by atoms with Crippen LogP contribution in [0.4, 0.5) is 5.69 Å². The molecule has 20 heavy (non-hydrogen) atoms. The van der Waals surface area contributed by atoms with Gasteiger partial charge in [-0.1, -0.05) is 15.9 Å². The average molecular weight is 340 g/mol. The molecule has 0 unspecified atom stereocenters. The third kappa shape index (κ3) is 3.51. The Morgan fingerprint density at radius 3 is 2.75 bits per heavy atom. The highest BCUT2D eigenvalue weighted by Crippen LogP contribution is 2.16. The van der Waals surface area contributed by atoms with Crippen LogP contribution in [-0.2, 0) is 11.3 Å². The van der Waals surface area contributed by atoms with Crippen LogP contribution in [0.1, 0.15) is 10.5 Å². The molecule has 2 N–H and O–H groups in total. The number of carbonyl (C=O) groups is 1. The number of methoxy groups -OCH3 is 1. The third-order valence-electron chi connectivity index (χ3n) is 2.57. The quantitative estimate of drug-likeness (QED) is 0.843. The number of nitrogens with zero attached hydrogens (tertiary/aromatic N) is 2. The molecule has 2 rings (SSSR count). The van der Waals surface area contributed by atoms with Crippen molar-refractivity contribution in [1.82, 2.24) is 9.78 Å². The summed E-state index contributed by atoms with van der Waals surface area (Å²) in [7, 11) is 1.29. The molecule has 0 aliphatic heterocycles. The number of aromatic nitrogens is 2. The molecule has 0 spiro atoms. The van der Waals surface area contributed by atoms with Crippen molar-refractivity contribution in [3.63, 3.8) is 0 Å². The van der Waals surface area contributed by atoms with E-state index in [1.807, 2.05) is 24.3 Å². The van der Waals surface area contributed by atoms with E-state index in [1.165, 1.54) is 7.11 Å². The molecule has 1 aromatic heterocycles. The molecule has 2 aromatic rings. The first-order valence-corrected chi connectivity index (χ1v) is 6.69. The molecule has 0 aliphatic carbocycles. The molecule has 0 bridgehead atoms. The number of nitrogen functional groups attached to an aromatic ring is 1. The van der Waals surface area contributed by atoms with E-state index >= 15 is 0 Å². The number of halogens is 1. The first kappa shape index (κ1) is 14.4. The van der Waals surface area contributed by atoms with Gasteiger partial charge >= 0.3 is 5.97 Å². The SMILES string of the molecule is COC(=O)c1nn(CCOc2ccc(Br)cc2)cc1N. The zero-order valence-corrected chi connectivity index (χ0v) is 12.5. The van der Waals surface area contributed by atoms with E-state index in [0.717, 1.165) is 10.2 Å². The Morgan fingerprint density at radius 2 is 2.10 bits per heavy atom. The summed E-state index contributed by atoms with van der Waals surface area (Å²) in [5.41, 5.74) is 6.10. The fourth-order valence-electron chi connectivity index (χ4n) is 1.59. The lowest BCUT2D eigenvalue weighted by molar-refractivity contribution is 0.0594. The van der Waals surface area contributed by atoms with Gasteiger partial charge in [0.05, 0.1) is 19.3 Å². The van der Waals surface area contributed by atoms with Crippen LogP contribution in [-0.4, -0.2) is 29.5 Å². The Bertz CT molecular complexity index is 595. The molecule has 1 heterocycles. The molecule has 0 amide bonds. The Kier molecular flexibility index (Phi) is 4.62. The number of anilines is 1. The first-order valence-electron chi connectivity index (χ1n) is 5.90. The van der Waals surface area contributed by atoms with Crippen LogP contribution in [0.2, 0.25) is 0 Å². The van der Waals surface area contributed by atoms with E-state index in [0.29, 0.717) is 18.8 Å². The van der Waals surface area contributed by atoms with Crippen molar-refractivity contribution in [3.05, 3.63) is 40.6 Å². The average Bonchev–Trinajstić information content (AvgIpc) is 2.81. The monoisotopic (exact) mass is 339 g/mol. The zero-order valence-electron chi connectivity index (χ0n) is 10.9. The summed E-state index contributed by atoms with van der Waals surface area (Å²) < 4.78 is 12.7. The highest BCUT2D eigenvalue weighted by atomic mass is 79.9. The Balaban J connectivity index is 1.91. The highest BCUT2D eigenvalue weighted by molar-refractivity contribution is 9.10. The number of rotatable bonds is 5. The predicted molar refractivity (Wildman–Crippen MR) is 77.6 cm³/mol. The van der Waals surface area contributed by atoms with Crippen LogP contribution in [0.3, 0.4) is 0 Å². The van der Waals surface area contributed by atoms with E-state index in [1.54, 1.807) is 10.9 Å². The number of benzene rings is 1. The van der Waals surface area contributed by atoms with Gasteiger partial charge < -0.3 is 15.2 Å². The van der Waals surface area contributed by atoms with Gasteiger partial charge in [0.25, 0.3) is 0 Å². The molecule has 0 saturated heterocycles. The second-order valence-electron chi connectivity index (χ2n) is 3.99. The number of esters is 1. The molecule has 0 saturated carbocycles. The largest absolute Gasteiger partial charge is 0.492 e. The first-order chi connectivity index (χ1) is 9.60. The van der Waals surface area contributed by atoms with E-state index in [4.69, 9.17) is 10.5 Å². The topological polar surface area (TPSA) is 79.4 Å². The van der Waals surface area contributed by atoms with E-state index in [2.05, 4.69) is 25.8 Å². The molecule has 6 nitrogen and oxygen atoms in total. The van der Waals surface area contributed by atoms with Crippen LogP contribution in [0, 0.1) is 0 Å². The highest BCUT2D eigenvalue weighted by Gasteiger charge is 2.14. The maximum atomic E-state index is 11.4. The van der Waals surface area contributed by atoms with E-state index in [-0.39, 0.29) is 5.69 Å². The third-order valence-corrected chi connectivity index (χ3v) is 3.10. The molecule has 106 valence electrons. The summed E-state index contributed by atoms with van der Waals surface area (Å²) in [6.07, 6.45) is 1.58. The smallest absolute Gasteiger partial charge is 0.360 e. The normalized spacial score (nSPS) is 10.3. The van der Waals surface area contributed by atoms with Crippen molar-refractivity contribution in [2.45, 2.75) is 6.54 Å². The lowest BCUT2D eigenvalue weighted by Crippen LogP contribution is -2.10. The van der Waals surface area contributed by atoms with Gasteiger partial charge in [-0.2, -0.15) is 5.10 Å². The summed E-state index contributed by atoms with van der Waals surface area (Å²) in [6.45, 7) is 0.903. The molecule has 0 fully saturated rings. The lowest BCUT2D eigenvalue weighted by atomic mass is 10.3. The predicted octanol–water partition coefficient (Wildman–Crippen LogP) is 2.09. The van der Waals surface area contributed by atoms with Gasteiger partial charge in [0, 0.05) is 10.7 Å². The fourth-order valence-corrected chi connectivity index (χ4v) is 1.86. The summed E-state index contributed by atoms with van der Waals surface area (Å²) >= 11 is 3.35. The number of nitrogens with two attached hydrogens (primary N) is 1. The van der Waals surface area contributed by atoms with Crippen molar-refractivity contribution < 1.29 is 14.3 Å². The number of ether oxygens (including phenoxy) is 2. The number of carbonyl (C=O) groups excluding carboxylic acids is 1. The Hall–Kier alpha value is -2.02. The summed E-state index contributed by atoms with van der Waals surface area (Å²) in [4.78, 5) is 11.4. The van der Waals surface area contributed by atoms with Crippen molar-refractivity contribution in [3.8, 4) is 5.75 Å². The van der Waals surface area contributed by atoms with Gasteiger partial charge in [-0.3, -0.25) is 4.68 Å². The van der Waals surface area contributed by atoms with Crippen LogP contribution < -0.4 is 10.5 Å². The van der Waals surface area contributed by atoms with Crippen molar-refractivity contribution in [2.75, 3.05) is 19.5 Å². The van der Waals surface area contributed by atoms with Crippen molar-refractivity contribution in [1.29, 1.82) is 0 Å². The summed E-state index contributed by atoms with van der Waals surface area (Å²) in [5.74, 6) is 0.219. The minimum atomic E-state index is -0.546. The molecular formula is C13H14BrN3O3. The van der Waals surface area contributed by atoms with Crippen LogP contribution in [0.15, 0.2) is 34.9 Å². The molecule has 0 atom stereocenters. The summed E-state index contributed by atoms with van der Waals surface area (Å²) in [6, 6.07) is 7.52. The van der Waals surface area contributed by atoms with Gasteiger partial charge in [0.15, 0.2) is 5.69 Å². The Labute approximate surface area is 124 Å². The van der Waals surface area contributed by atoms with Gasteiger partial charge in [0.2, 0.25) is 0 Å². The minimum Gasteiger partial charge on any atom is -0.492 e. The van der Waals surface area contributed by atoms with Crippen molar-refractivity contribution in [2.24, 2.45) is 0 Å². The number of hydrogen-bond donors (Lipinski definition) is 1. The molecule has 0 radical (unpaired) electrons. The maximum Gasteiger partial charge on any atom is 0.360 e. The molecule has 7 heteroatoms. The minimum absolute atomic E-state index is 0.121. The molecule has 1 aromatic carbocycles. The van der Waals surface area contributed by atoms with Crippen molar-refractivity contribution >= 4 is 27.6 Å². The van der Waals surface area contributed by atoms with E-state index < -0.39 is 5.97 Å². The lowest BCUT2D eigenvalue weighted by Gasteiger charge is -2.06. The standard InChI is InChI=1S/C13H14BrN3O3/c1-19-13(18)12-11(15)8-17(16-12)6-7-20-10-4-2-9(14)3-5-10/h2-5,8H,6-7,15H2,1H3. The van der Waals surface area contributed by atoms with Gasteiger partial charge in [-0.05, 0) is 24.3 Å². The van der Waals surface area contributed by atoms with Gasteiger partial charge in [0.1, 0.15) is 12.4 Å². The second kappa shape index (κ2) is 6.42. The zero-order chi connectivity index (χ0) is 14.5. The van der Waals surface area contributed by atoms with Crippen LogP contribution in [0.25, 0.3) is 0 Å². The molecular weight excluding hydrogens is 326 g/mol. The summed E-state index contributed by atoms with van der Waals surface area (Å²) in [5, 5.41) is 4.06. The van der Waals surface area contributed by atoms with Crippen LogP contribution in [0.5, 0.6) is 5.75 Å². The van der Waals surface area contributed by atoms with Crippen LogP contribution >= 0.6 is 15.9 Å². The van der Waals surface area contributed by atoms with Gasteiger partial charge in [-0.15, -0.1) is 0 Å². The number of hydrogen-bond acceptors (Lipinski definition) is 5. The molecule has 0 aliphatic rings. The second-order valence-corrected chi connectivity index (χ2v) is 4.91. The van der Waals surface area contributed by atoms with E-state index in [9.17, 15) is 4.79 Å². The maximum absolute atomic E-state index is 11.4.